The zero-order valence-corrected chi connectivity index (χ0v) is 17.8. The normalized spacial score (nSPS) is 16.1. The van der Waals surface area contributed by atoms with E-state index in [-0.39, 0.29) is 10.1 Å². The third kappa shape index (κ3) is 5.03. The van der Waals surface area contributed by atoms with E-state index in [1.807, 2.05) is 12.1 Å². The number of piperazine rings is 1. The number of carbonyl (C=O) groups excluding carboxylic acids is 1. The quantitative estimate of drug-likeness (QED) is 0.711. The Balaban J connectivity index is 1.47. The molecule has 0 saturated carbocycles. The number of amides is 1. The number of anilines is 1. The van der Waals surface area contributed by atoms with Gasteiger partial charge in [0.05, 0.1) is 17.1 Å². The van der Waals surface area contributed by atoms with Crippen LogP contribution in [0.2, 0.25) is 4.34 Å². The second kappa shape index (κ2) is 9.23. The average molecular weight is 444 g/mol. The zero-order valence-electron chi connectivity index (χ0n) is 15.4. The van der Waals surface area contributed by atoms with Crippen LogP contribution in [0.15, 0.2) is 40.6 Å². The molecule has 2 heterocycles. The van der Waals surface area contributed by atoms with Crippen molar-refractivity contribution in [2.45, 2.75) is 10.6 Å². The largest absolute Gasteiger partial charge is 0.495 e. The lowest BCUT2D eigenvalue weighted by molar-refractivity contribution is -0.116. The maximum absolute atomic E-state index is 12.6. The van der Waals surface area contributed by atoms with Gasteiger partial charge in [0.25, 0.3) is 10.0 Å². The maximum Gasteiger partial charge on any atom is 0.252 e. The molecule has 0 radical (unpaired) electrons. The van der Waals surface area contributed by atoms with Crippen molar-refractivity contribution >= 4 is 44.6 Å². The molecule has 1 saturated heterocycles. The predicted molar refractivity (Wildman–Crippen MR) is 111 cm³/mol. The average Bonchev–Trinajstić information content (AvgIpc) is 3.14. The lowest BCUT2D eigenvalue weighted by atomic mass is 10.2. The first kappa shape index (κ1) is 21.1. The fourth-order valence-electron chi connectivity index (χ4n) is 2.98. The topological polar surface area (TPSA) is 79.0 Å². The minimum Gasteiger partial charge on any atom is -0.495 e. The molecule has 28 heavy (non-hydrogen) atoms. The van der Waals surface area contributed by atoms with Gasteiger partial charge in [-0.25, -0.2) is 8.42 Å². The van der Waals surface area contributed by atoms with E-state index in [1.165, 1.54) is 10.4 Å². The zero-order chi connectivity index (χ0) is 20.1. The summed E-state index contributed by atoms with van der Waals surface area (Å²) in [5.74, 6) is 0.510. The van der Waals surface area contributed by atoms with Crippen molar-refractivity contribution in [3.8, 4) is 5.75 Å². The molecule has 1 aromatic carbocycles. The molecule has 0 bridgehead atoms. The van der Waals surface area contributed by atoms with Crippen LogP contribution in [-0.2, 0) is 14.8 Å². The minimum atomic E-state index is -3.50. The molecule has 1 aliphatic rings. The third-order valence-electron chi connectivity index (χ3n) is 4.51. The van der Waals surface area contributed by atoms with E-state index in [1.54, 1.807) is 25.3 Å². The smallest absolute Gasteiger partial charge is 0.252 e. The van der Waals surface area contributed by atoms with Crippen LogP contribution in [0, 0.1) is 0 Å². The van der Waals surface area contributed by atoms with E-state index in [0.717, 1.165) is 11.3 Å². The van der Waals surface area contributed by atoms with E-state index in [0.29, 0.717) is 54.9 Å². The Morgan fingerprint density at radius 3 is 2.54 bits per heavy atom. The maximum atomic E-state index is 12.6. The predicted octanol–water partition coefficient (Wildman–Crippen LogP) is 2.75. The van der Waals surface area contributed by atoms with Gasteiger partial charge in [0.2, 0.25) is 5.91 Å². The molecule has 152 valence electrons. The SMILES string of the molecule is COc1ccccc1NC(=O)CCN1CCN(S(=O)(=O)c2ccc(Cl)s2)CC1. The van der Waals surface area contributed by atoms with Crippen molar-refractivity contribution in [1.82, 2.24) is 9.21 Å². The Hall–Kier alpha value is -1.65. The highest BCUT2D eigenvalue weighted by molar-refractivity contribution is 7.91. The number of hydrogen-bond donors (Lipinski definition) is 1. The van der Waals surface area contributed by atoms with Gasteiger partial charge in [0.1, 0.15) is 9.96 Å². The molecule has 7 nitrogen and oxygen atoms in total. The van der Waals surface area contributed by atoms with Crippen molar-refractivity contribution in [2.75, 3.05) is 45.2 Å². The van der Waals surface area contributed by atoms with Gasteiger partial charge in [-0.3, -0.25) is 4.79 Å². The molecule has 0 atom stereocenters. The molecule has 1 fully saturated rings. The molecule has 3 rings (SSSR count). The van der Waals surface area contributed by atoms with Gasteiger partial charge in [-0.2, -0.15) is 4.31 Å². The van der Waals surface area contributed by atoms with Crippen LogP contribution in [-0.4, -0.2) is 63.4 Å². The van der Waals surface area contributed by atoms with E-state index >= 15 is 0 Å². The summed E-state index contributed by atoms with van der Waals surface area (Å²) in [5, 5.41) is 2.85. The fraction of sp³-hybridized carbons (Fsp3) is 0.389. The second-order valence-corrected chi connectivity index (χ2v) is 10.2. The molecule has 0 spiro atoms. The van der Waals surface area contributed by atoms with Gasteiger partial charge in [0, 0.05) is 39.1 Å². The Labute approximate surface area is 173 Å². The summed E-state index contributed by atoms with van der Waals surface area (Å²) in [6, 6.07) is 10.4. The van der Waals surface area contributed by atoms with Crippen LogP contribution in [0.3, 0.4) is 0 Å². The highest BCUT2D eigenvalue weighted by atomic mass is 35.5. The summed E-state index contributed by atoms with van der Waals surface area (Å²) in [6.45, 7) is 2.53. The summed E-state index contributed by atoms with van der Waals surface area (Å²) in [6.07, 6.45) is 0.325. The van der Waals surface area contributed by atoms with Crippen LogP contribution in [0.25, 0.3) is 0 Å². The number of carbonyl (C=O) groups is 1. The number of methoxy groups -OCH3 is 1. The van der Waals surface area contributed by atoms with E-state index in [4.69, 9.17) is 16.3 Å². The molecule has 10 heteroatoms. The number of hydrogen-bond acceptors (Lipinski definition) is 6. The van der Waals surface area contributed by atoms with Gasteiger partial charge >= 0.3 is 0 Å². The van der Waals surface area contributed by atoms with Crippen molar-refractivity contribution in [2.24, 2.45) is 0 Å². The molecule has 0 unspecified atom stereocenters. The summed E-state index contributed by atoms with van der Waals surface area (Å²) in [4.78, 5) is 14.3. The molecular formula is C18H22ClN3O4S2. The number of sulfonamides is 1. The molecule has 1 aromatic heterocycles. The van der Waals surface area contributed by atoms with Crippen molar-refractivity contribution in [1.29, 1.82) is 0 Å². The number of nitrogens with one attached hydrogen (secondary N) is 1. The first-order valence-corrected chi connectivity index (χ1v) is 11.4. The first-order chi connectivity index (χ1) is 13.4. The highest BCUT2D eigenvalue weighted by Gasteiger charge is 2.29. The number of benzene rings is 1. The molecular weight excluding hydrogens is 422 g/mol. The number of rotatable bonds is 7. The van der Waals surface area contributed by atoms with E-state index < -0.39 is 10.0 Å². The lowest BCUT2D eigenvalue weighted by Gasteiger charge is -2.33. The summed E-state index contributed by atoms with van der Waals surface area (Å²) < 4.78 is 32.7. The van der Waals surface area contributed by atoms with Gasteiger partial charge < -0.3 is 15.0 Å². The molecule has 0 aliphatic carbocycles. The van der Waals surface area contributed by atoms with Gasteiger partial charge in [-0.15, -0.1) is 11.3 Å². The minimum absolute atomic E-state index is 0.104. The molecule has 1 amide bonds. The van der Waals surface area contributed by atoms with Crippen molar-refractivity contribution in [3.05, 3.63) is 40.7 Å². The molecule has 1 aliphatic heterocycles. The monoisotopic (exact) mass is 443 g/mol. The Bertz CT molecular complexity index is 924. The Kier molecular flexibility index (Phi) is 6.95. The van der Waals surface area contributed by atoms with Crippen LogP contribution < -0.4 is 10.1 Å². The van der Waals surface area contributed by atoms with Crippen LogP contribution >= 0.6 is 22.9 Å². The molecule has 1 N–H and O–H groups in total. The fourth-order valence-corrected chi connectivity index (χ4v) is 6.04. The van der Waals surface area contributed by atoms with Crippen molar-refractivity contribution < 1.29 is 17.9 Å². The van der Waals surface area contributed by atoms with Crippen LogP contribution in [0.5, 0.6) is 5.75 Å². The van der Waals surface area contributed by atoms with Gasteiger partial charge in [-0.1, -0.05) is 23.7 Å². The number of para-hydroxylation sites is 2. The summed E-state index contributed by atoms with van der Waals surface area (Å²) in [7, 11) is -1.94. The highest BCUT2D eigenvalue weighted by Crippen LogP contribution is 2.28. The van der Waals surface area contributed by atoms with Gasteiger partial charge in [0.15, 0.2) is 0 Å². The number of halogens is 1. The second-order valence-electron chi connectivity index (χ2n) is 6.30. The molecule has 2 aromatic rings. The lowest BCUT2D eigenvalue weighted by Crippen LogP contribution is -2.48. The number of nitrogens with zero attached hydrogens (tertiary/aromatic N) is 2. The summed E-state index contributed by atoms with van der Waals surface area (Å²) in [5.41, 5.74) is 0.639. The first-order valence-electron chi connectivity index (χ1n) is 8.81. The van der Waals surface area contributed by atoms with Crippen LogP contribution in [0.4, 0.5) is 5.69 Å². The van der Waals surface area contributed by atoms with E-state index in [2.05, 4.69) is 10.2 Å². The summed E-state index contributed by atoms with van der Waals surface area (Å²) >= 11 is 6.92. The standard InChI is InChI=1S/C18H22ClN3O4S2/c1-26-15-5-3-2-4-14(15)20-17(23)8-9-21-10-12-22(13-11-21)28(24,25)18-7-6-16(19)27-18/h2-7H,8-13H2,1H3,(H,20,23). The number of ether oxygens (including phenoxy) is 1. The van der Waals surface area contributed by atoms with Gasteiger partial charge in [-0.05, 0) is 24.3 Å². The third-order valence-corrected chi connectivity index (χ3v) is 8.11. The Morgan fingerprint density at radius 2 is 1.89 bits per heavy atom. The number of thiophene rings is 1. The van der Waals surface area contributed by atoms with E-state index in [9.17, 15) is 13.2 Å². The van der Waals surface area contributed by atoms with Crippen LogP contribution in [0.1, 0.15) is 6.42 Å². The Morgan fingerprint density at radius 1 is 1.18 bits per heavy atom. The van der Waals surface area contributed by atoms with Crippen molar-refractivity contribution in [3.63, 3.8) is 0 Å².